The van der Waals surface area contributed by atoms with E-state index in [1.54, 1.807) is 29.0 Å². The molecule has 1 saturated heterocycles. The Balaban J connectivity index is 1.68. The Kier molecular flexibility index (Phi) is 4.57. The number of nitrogens with one attached hydrogen (secondary N) is 1. The van der Waals surface area contributed by atoms with E-state index in [9.17, 15) is 9.59 Å². The lowest BCUT2D eigenvalue weighted by Gasteiger charge is -2.24. The normalized spacial score (nSPS) is 17.2. The van der Waals surface area contributed by atoms with Crippen LogP contribution < -0.4 is 0 Å². The summed E-state index contributed by atoms with van der Waals surface area (Å²) in [5.74, 6) is -0.0943. The average Bonchev–Trinajstić information content (AvgIpc) is 3.20. The molecular formula is C17H19ClN4O2. The Morgan fingerprint density at radius 1 is 1.54 bits per heavy atom. The highest BCUT2D eigenvalue weighted by Crippen LogP contribution is 2.22. The van der Waals surface area contributed by atoms with Crippen molar-refractivity contribution in [2.75, 3.05) is 20.1 Å². The highest BCUT2D eigenvalue weighted by molar-refractivity contribution is 6.31. The highest BCUT2D eigenvalue weighted by atomic mass is 35.5. The number of amides is 2. The summed E-state index contributed by atoms with van der Waals surface area (Å²) < 4.78 is 0. The minimum absolute atomic E-state index is 0.00611. The van der Waals surface area contributed by atoms with Crippen LogP contribution in [0.4, 0.5) is 0 Å². The molecule has 6 nitrogen and oxygen atoms in total. The number of carbonyl (C=O) groups excluding carboxylic acids is 2. The van der Waals surface area contributed by atoms with Crippen molar-refractivity contribution in [2.45, 2.75) is 18.9 Å². The number of aromatic amines is 1. The third kappa shape index (κ3) is 3.14. The van der Waals surface area contributed by atoms with Gasteiger partial charge in [0, 0.05) is 30.5 Å². The summed E-state index contributed by atoms with van der Waals surface area (Å²) in [6, 6.07) is 5.45. The van der Waals surface area contributed by atoms with Crippen molar-refractivity contribution in [2.24, 2.45) is 0 Å². The first kappa shape index (κ1) is 16.5. The summed E-state index contributed by atoms with van der Waals surface area (Å²) in [5, 5.41) is 8.62. The van der Waals surface area contributed by atoms with E-state index in [1.165, 1.54) is 6.08 Å². The molecule has 0 radical (unpaired) electrons. The second-order valence-corrected chi connectivity index (χ2v) is 6.41. The molecule has 1 N–H and O–H groups in total. The van der Waals surface area contributed by atoms with E-state index in [0.29, 0.717) is 18.1 Å². The first-order valence-corrected chi connectivity index (χ1v) is 8.17. The molecule has 3 rings (SSSR count). The van der Waals surface area contributed by atoms with Crippen molar-refractivity contribution in [3.05, 3.63) is 41.6 Å². The van der Waals surface area contributed by atoms with E-state index in [2.05, 4.69) is 16.8 Å². The van der Waals surface area contributed by atoms with Crippen LogP contribution in [-0.4, -0.2) is 58.0 Å². The van der Waals surface area contributed by atoms with Crippen LogP contribution in [0.5, 0.6) is 0 Å². The number of H-pyrrole nitrogens is 1. The smallest absolute Gasteiger partial charge is 0.246 e. The molecule has 0 unspecified atom stereocenters. The van der Waals surface area contributed by atoms with Gasteiger partial charge in [0.15, 0.2) is 0 Å². The lowest BCUT2D eigenvalue weighted by atomic mass is 10.1. The van der Waals surface area contributed by atoms with E-state index in [4.69, 9.17) is 11.6 Å². The molecule has 1 atom stereocenters. The van der Waals surface area contributed by atoms with Gasteiger partial charge in [0.05, 0.1) is 23.7 Å². The zero-order valence-electron chi connectivity index (χ0n) is 13.5. The van der Waals surface area contributed by atoms with Gasteiger partial charge < -0.3 is 9.80 Å². The van der Waals surface area contributed by atoms with Crippen LogP contribution in [-0.2, 0) is 16.0 Å². The predicted octanol–water partition coefficient (Wildman–Crippen LogP) is 2.00. The maximum absolute atomic E-state index is 12.6. The number of aromatic nitrogens is 2. The fraction of sp³-hybridized carbons (Fsp3) is 0.353. The molecule has 1 fully saturated rings. The molecule has 0 bridgehead atoms. The molecule has 126 valence electrons. The van der Waals surface area contributed by atoms with Crippen LogP contribution in [0.15, 0.2) is 30.9 Å². The van der Waals surface area contributed by atoms with Crippen LogP contribution >= 0.6 is 11.6 Å². The van der Waals surface area contributed by atoms with E-state index >= 15 is 0 Å². The molecule has 2 heterocycles. The first-order chi connectivity index (χ1) is 11.5. The van der Waals surface area contributed by atoms with Crippen LogP contribution in [0.25, 0.3) is 10.9 Å². The van der Waals surface area contributed by atoms with Gasteiger partial charge >= 0.3 is 0 Å². The van der Waals surface area contributed by atoms with Gasteiger partial charge in [0.1, 0.15) is 0 Å². The average molecular weight is 347 g/mol. The summed E-state index contributed by atoms with van der Waals surface area (Å²) in [6.07, 6.45) is 2.33. The highest BCUT2D eigenvalue weighted by Gasteiger charge is 2.30. The number of likely N-dealkylation sites (tertiary alicyclic amines) is 1. The number of hydrogen-bond acceptors (Lipinski definition) is 3. The summed E-state index contributed by atoms with van der Waals surface area (Å²) in [7, 11) is 1.78. The van der Waals surface area contributed by atoms with E-state index < -0.39 is 0 Å². The minimum Gasteiger partial charge on any atom is -0.341 e. The maximum Gasteiger partial charge on any atom is 0.246 e. The molecule has 7 heteroatoms. The summed E-state index contributed by atoms with van der Waals surface area (Å²) in [6.45, 7) is 4.70. The standard InChI is InChI=1S/C17H19ClN4O2/c1-3-16(23)22-7-6-12(10-22)21(2)17(24)9-15-13-5-4-11(18)8-14(13)19-20-15/h3-5,8,12H,1,6-7,9-10H2,2H3,(H,19,20)/t12-/m0/s1. The number of benzene rings is 1. The summed E-state index contributed by atoms with van der Waals surface area (Å²) >= 11 is 5.95. The molecule has 24 heavy (non-hydrogen) atoms. The number of hydrogen-bond donors (Lipinski definition) is 1. The molecule has 1 aromatic heterocycles. The van der Waals surface area contributed by atoms with E-state index in [1.807, 2.05) is 6.07 Å². The van der Waals surface area contributed by atoms with Gasteiger partial charge in [0.2, 0.25) is 11.8 Å². The molecular weight excluding hydrogens is 328 g/mol. The molecule has 1 aliphatic heterocycles. The molecule has 0 aliphatic carbocycles. The van der Waals surface area contributed by atoms with Crippen molar-refractivity contribution in [1.29, 1.82) is 0 Å². The van der Waals surface area contributed by atoms with Crippen molar-refractivity contribution in [3.8, 4) is 0 Å². The van der Waals surface area contributed by atoms with Gasteiger partial charge in [-0.25, -0.2) is 0 Å². The number of likely N-dealkylation sites (N-methyl/N-ethyl adjacent to an activating group) is 1. The monoisotopic (exact) mass is 346 g/mol. The van der Waals surface area contributed by atoms with Gasteiger partial charge in [-0.2, -0.15) is 5.10 Å². The topological polar surface area (TPSA) is 69.3 Å². The lowest BCUT2D eigenvalue weighted by Crippen LogP contribution is -2.40. The first-order valence-electron chi connectivity index (χ1n) is 7.79. The summed E-state index contributed by atoms with van der Waals surface area (Å²) in [4.78, 5) is 27.7. The fourth-order valence-electron chi connectivity index (χ4n) is 3.04. The molecule has 1 aromatic carbocycles. The largest absolute Gasteiger partial charge is 0.341 e. The molecule has 0 spiro atoms. The van der Waals surface area contributed by atoms with E-state index in [0.717, 1.165) is 23.0 Å². The molecule has 2 amide bonds. The fourth-order valence-corrected chi connectivity index (χ4v) is 3.21. The minimum atomic E-state index is -0.0882. The van der Waals surface area contributed by atoms with E-state index in [-0.39, 0.29) is 24.3 Å². The third-order valence-electron chi connectivity index (χ3n) is 4.51. The Labute approximate surface area is 145 Å². The Hall–Kier alpha value is -2.34. The van der Waals surface area contributed by atoms with Gasteiger partial charge in [-0.1, -0.05) is 18.2 Å². The molecule has 2 aromatic rings. The maximum atomic E-state index is 12.6. The van der Waals surface area contributed by atoms with Gasteiger partial charge in [-0.05, 0) is 30.7 Å². The molecule has 1 aliphatic rings. The number of nitrogens with zero attached hydrogens (tertiary/aromatic N) is 3. The van der Waals surface area contributed by atoms with Crippen LogP contribution in [0.2, 0.25) is 5.02 Å². The van der Waals surface area contributed by atoms with Crippen LogP contribution in [0, 0.1) is 0 Å². The van der Waals surface area contributed by atoms with Crippen molar-refractivity contribution < 1.29 is 9.59 Å². The van der Waals surface area contributed by atoms with Gasteiger partial charge in [-0.3, -0.25) is 14.7 Å². The number of fused-ring (bicyclic) bond motifs is 1. The second kappa shape index (κ2) is 6.65. The van der Waals surface area contributed by atoms with Crippen molar-refractivity contribution in [1.82, 2.24) is 20.0 Å². The Morgan fingerprint density at radius 3 is 3.08 bits per heavy atom. The van der Waals surface area contributed by atoms with Gasteiger partial charge in [-0.15, -0.1) is 0 Å². The third-order valence-corrected chi connectivity index (χ3v) is 4.75. The van der Waals surface area contributed by atoms with Crippen molar-refractivity contribution >= 4 is 34.3 Å². The number of halogens is 1. The Morgan fingerprint density at radius 2 is 2.33 bits per heavy atom. The van der Waals surface area contributed by atoms with Crippen LogP contribution in [0.3, 0.4) is 0 Å². The number of rotatable bonds is 4. The number of carbonyl (C=O) groups is 2. The zero-order chi connectivity index (χ0) is 17.3. The van der Waals surface area contributed by atoms with Crippen LogP contribution in [0.1, 0.15) is 12.1 Å². The SMILES string of the molecule is C=CC(=O)N1CC[C@H](N(C)C(=O)Cc2[nH]nc3cc(Cl)ccc23)C1. The molecule has 0 saturated carbocycles. The summed E-state index contributed by atoms with van der Waals surface area (Å²) in [5.41, 5.74) is 1.52. The second-order valence-electron chi connectivity index (χ2n) is 5.98. The van der Waals surface area contributed by atoms with Crippen molar-refractivity contribution in [3.63, 3.8) is 0 Å². The predicted molar refractivity (Wildman–Crippen MR) is 92.8 cm³/mol. The quantitative estimate of drug-likeness (QED) is 0.861. The lowest BCUT2D eigenvalue weighted by molar-refractivity contribution is -0.132. The Bertz CT molecular complexity index is 801. The van der Waals surface area contributed by atoms with Gasteiger partial charge in [0.25, 0.3) is 0 Å². The zero-order valence-corrected chi connectivity index (χ0v) is 14.2.